The van der Waals surface area contributed by atoms with Gasteiger partial charge in [0.2, 0.25) is 0 Å². The number of ketones is 1. The first-order valence-corrected chi connectivity index (χ1v) is 8.95. The molecule has 0 aliphatic heterocycles. The lowest BCUT2D eigenvalue weighted by molar-refractivity contribution is -0.139. The topological polar surface area (TPSA) is 131 Å². The fraction of sp³-hybridized carbons (Fsp3) is 0.238. The van der Waals surface area contributed by atoms with Crippen LogP contribution in [0.2, 0.25) is 0 Å². The van der Waals surface area contributed by atoms with Crippen molar-refractivity contribution in [2.75, 3.05) is 6.61 Å². The molecule has 0 radical (unpaired) electrons. The number of carbonyl (C=O) groups is 3. The summed E-state index contributed by atoms with van der Waals surface area (Å²) in [5, 5.41) is 14.8. The third-order valence-corrected chi connectivity index (χ3v) is 4.13. The molecule has 0 aliphatic carbocycles. The normalized spacial score (nSPS) is 11.6. The fourth-order valence-electron chi connectivity index (χ4n) is 2.61. The molecule has 0 unspecified atom stereocenters. The average Bonchev–Trinajstić information content (AvgIpc) is 2.70. The van der Waals surface area contributed by atoms with E-state index >= 15 is 0 Å². The molecule has 0 aromatic heterocycles. The lowest BCUT2D eigenvalue weighted by atomic mass is 9.94. The Morgan fingerprint density at radius 1 is 1.07 bits per heavy atom. The number of benzene rings is 2. The number of hydrazone groups is 1. The first-order valence-electron chi connectivity index (χ1n) is 8.95. The molecule has 0 aliphatic rings. The predicted octanol–water partition coefficient (Wildman–Crippen LogP) is 2.50. The summed E-state index contributed by atoms with van der Waals surface area (Å²) in [5.74, 6) is 3.61. The Bertz CT molecular complexity index is 896. The third-order valence-electron chi connectivity index (χ3n) is 4.13. The minimum absolute atomic E-state index is 0. The van der Waals surface area contributed by atoms with E-state index in [-0.39, 0.29) is 30.0 Å². The van der Waals surface area contributed by atoms with E-state index in [9.17, 15) is 14.4 Å². The van der Waals surface area contributed by atoms with Crippen molar-refractivity contribution in [3.8, 4) is 5.75 Å². The van der Waals surface area contributed by atoms with Gasteiger partial charge < -0.3 is 21.0 Å². The highest BCUT2D eigenvalue weighted by Crippen LogP contribution is 2.16. The number of halogens is 1. The van der Waals surface area contributed by atoms with Crippen LogP contribution >= 0.6 is 12.4 Å². The zero-order valence-electron chi connectivity index (χ0n) is 16.6. The van der Waals surface area contributed by atoms with Crippen LogP contribution in [0.15, 0.2) is 53.6 Å². The van der Waals surface area contributed by atoms with Crippen LogP contribution in [0.1, 0.15) is 40.1 Å². The third kappa shape index (κ3) is 6.89. The van der Waals surface area contributed by atoms with Crippen LogP contribution in [0.5, 0.6) is 5.75 Å². The standard InChI is InChI=1S/C21H23N3O5.ClH/c1-13(2)19(24-21(28)16-5-3-14(4-6-16)11-23-22)20(27)15-7-9-17(10-8-15)29-12-18(25)26;/h3-11,13,19H,12,22H2,1-2H3,(H,24,28)(H,25,26);1H/t19-;/m0./s1. The summed E-state index contributed by atoms with van der Waals surface area (Å²) in [4.78, 5) is 36.0. The molecule has 0 saturated carbocycles. The van der Waals surface area contributed by atoms with Crippen molar-refractivity contribution < 1.29 is 24.2 Å². The highest BCUT2D eigenvalue weighted by atomic mass is 35.5. The summed E-state index contributed by atoms with van der Waals surface area (Å²) in [6.07, 6.45) is 1.46. The van der Waals surface area contributed by atoms with Gasteiger partial charge in [-0.1, -0.05) is 26.0 Å². The molecule has 1 amide bonds. The second-order valence-corrected chi connectivity index (χ2v) is 6.67. The van der Waals surface area contributed by atoms with Gasteiger partial charge in [-0.3, -0.25) is 9.59 Å². The van der Waals surface area contributed by atoms with Crippen LogP contribution in [-0.4, -0.2) is 41.6 Å². The number of carboxylic acids is 1. The molecule has 30 heavy (non-hydrogen) atoms. The summed E-state index contributed by atoms with van der Waals surface area (Å²) >= 11 is 0. The number of nitrogens with zero attached hydrogens (tertiary/aromatic N) is 1. The number of carbonyl (C=O) groups excluding carboxylic acids is 2. The molecule has 4 N–H and O–H groups in total. The summed E-state index contributed by atoms with van der Waals surface area (Å²) in [7, 11) is 0. The molecule has 1 atom stereocenters. The van der Waals surface area contributed by atoms with E-state index in [2.05, 4.69) is 10.4 Å². The monoisotopic (exact) mass is 433 g/mol. The summed E-state index contributed by atoms with van der Waals surface area (Å²) in [6.45, 7) is 3.22. The van der Waals surface area contributed by atoms with E-state index in [0.717, 1.165) is 5.56 Å². The highest BCUT2D eigenvalue weighted by Gasteiger charge is 2.25. The number of aliphatic carboxylic acids is 1. The van der Waals surface area contributed by atoms with Gasteiger partial charge in [-0.25, -0.2) is 4.79 Å². The Morgan fingerprint density at radius 2 is 1.63 bits per heavy atom. The maximum atomic E-state index is 12.9. The van der Waals surface area contributed by atoms with Gasteiger partial charge in [0.15, 0.2) is 12.4 Å². The maximum Gasteiger partial charge on any atom is 0.341 e. The van der Waals surface area contributed by atoms with Crippen LogP contribution in [0.4, 0.5) is 0 Å². The van der Waals surface area contributed by atoms with Gasteiger partial charge >= 0.3 is 5.97 Å². The number of rotatable bonds is 9. The molecule has 0 bridgehead atoms. The van der Waals surface area contributed by atoms with Crippen molar-refractivity contribution in [3.63, 3.8) is 0 Å². The van der Waals surface area contributed by atoms with Crippen LogP contribution in [-0.2, 0) is 4.79 Å². The number of carboxylic acid groups (broad SMARTS) is 1. The van der Waals surface area contributed by atoms with Gasteiger partial charge in [0, 0.05) is 11.1 Å². The zero-order valence-corrected chi connectivity index (χ0v) is 17.4. The SMILES string of the molecule is CC(C)[C@H](NC(=O)c1ccc(C=NN)cc1)C(=O)c1ccc(OCC(=O)O)cc1.Cl. The van der Waals surface area contributed by atoms with Crippen molar-refractivity contribution >= 4 is 36.3 Å². The van der Waals surface area contributed by atoms with Gasteiger partial charge in [-0.05, 0) is 47.9 Å². The van der Waals surface area contributed by atoms with Gasteiger partial charge in [0.05, 0.1) is 12.3 Å². The molecule has 0 saturated heterocycles. The Morgan fingerprint density at radius 3 is 2.13 bits per heavy atom. The molecule has 2 aromatic rings. The van der Waals surface area contributed by atoms with E-state index in [0.29, 0.717) is 16.9 Å². The molecule has 160 valence electrons. The van der Waals surface area contributed by atoms with Crippen molar-refractivity contribution in [2.24, 2.45) is 16.9 Å². The minimum Gasteiger partial charge on any atom is -0.482 e. The van der Waals surface area contributed by atoms with Crippen molar-refractivity contribution in [1.82, 2.24) is 5.32 Å². The van der Waals surface area contributed by atoms with E-state index in [1.807, 2.05) is 13.8 Å². The lowest BCUT2D eigenvalue weighted by Gasteiger charge is -2.21. The maximum absolute atomic E-state index is 12.9. The lowest BCUT2D eigenvalue weighted by Crippen LogP contribution is -2.44. The van der Waals surface area contributed by atoms with Crippen molar-refractivity contribution in [2.45, 2.75) is 19.9 Å². The number of nitrogens with one attached hydrogen (secondary N) is 1. The molecular weight excluding hydrogens is 410 g/mol. The Hall–Kier alpha value is -3.39. The predicted molar refractivity (Wildman–Crippen MR) is 115 cm³/mol. The molecule has 8 nitrogen and oxygen atoms in total. The molecule has 2 rings (SSSR count). The Labute approximate surface area is 180 Å². The summed E-state index contributed by atoms with van der Waals surface area (Å²) in [6, 6.07) is 12.1. The number of amides is 1. The second-order valence-electron chi connectivity index (χ2n) is 6.67. The molecule has 9 heteroatoms. The number of hydrogen-bond acceptors (Lipinski definition) is 6. The van der Waals surface area contributed by atoms with Gasteiger partial charge in [-0.2, -0.15) is 5.10 Å². The number of nitrogens with two attached hydrogens (primary N) is 1. The van der Waals surface area contributed by atoms with E-state index in [4.69, 9.17) is 15.7 Å². The molecular formula is C21H24ClN3O5. The highest BCUT2D eigenvalue weighted by molar-refractivity contribution is 6.04. The summed E-state index contributed by atoms with van der Waals surface area (Å²) < 4.78 is 5.06. The van der Waals surface area contributed by atoms with Crippen LogP contribution < -0.4 is 15.9 Å². The Kier molecular flexibility index (Phi) is 9.51. The van der Waals surface area contributed by atoms with Gasteiger partial charge in [0.1, 0.15) is 5.75 Å². The first-order chi connectivity index (χ1) is 13.8. The number of hydrogen-bond donors (Lipinski definition) is 3. The van der Waals surface area contributed by atoms with Crippen molar-refractivity contribution in [3.05, 3.63) is 65.2 Å². The van der Waals surface area contributed by atoms with E-state index in [1.165, 1.54) is 18.3 Å². The quantitative estimate of drug-likeness (QED) is 0.241. The Balaban J connectivity index is 0.00000450. The van der Waals surface area contributed by atoms with Crippen LogP contribution in [0.3, 0.4) is 0 Å². The molecule has 0 heterocycles. The number of ether oxygens (including phenoxy) is 1. The first kappa shape index (κ1) is 24.6. The van der Waals surface area contributed by atoms with Crippen molar-refractivity contribution in [1.29, 1.82) is 0 Å². The summed E-state index contributed by atoms with van der Waals surface area (Å²) in [5.41, 5.74) is 1.56. The molecule has 0 spiro atoms. The minimum atomic E-state index is -1.09. The largest absolute Gasteiger partial charge is 0.482 e. The van der Waals surface area contributed by atoms with Gasteiger partial charge in [-0.15, -0.1) is 12.4 Å². The smallest absolute Gasteiger partial charge is 0.341 e. The second kappa shape index (κ2) is 11.6. The van der Waals surface area contributed by atoms with E-state index < -0.39 is 18.6 Å². The van der Waals surface area contributed by atoms with Crippen LogP contribution in [0.25, 0.3) is 0 Å². The number of Topliss-reactive ketones (excluding diaryl/α,β-unsaturated/α-hetero) is 1. The van der Waals surface area contributed by atoms with Crippen LogP contribution in [0, 0.1) is 5.92 Å². The van der Waals surface area contributed by atoms with E-state index in [1.54, 1.807) is 36.4 Å². The van der Waals surface area contributed by atoms with Gasteiger partial charge in [0.25, 0.3) is 5.91 Å². The fourth-order valence-corrected chi connectivity index (χ4v) is 2.61. The molecule has 0 fully saturated rings. The molecule has 2 aromatic carbocycles. The average molecular weight is 434 g/mol. The zero-order chi connectivity index (χ0) is 21.4.